The van der Waals surface area contributed by atoms with Crippen LogP contribution in [0.4, 0.5) is 0 Å². The summed E-state index contributed by atoms with van der Waals surface area (Å²) in [5.74, 6) is 0. The number of hydrogen-bond acceptors (Lipinski definition) is 1. The minimum atomic E-state index is -1.52. The van der Waals surface area contributed by atoms with Crippen molar-refractivity contribution in [1.82, 2.24) is 0 Å². The van der Waals surface area contributed by atoms with Gasteiger partial charge in [-0.2, -0.15) is 0 Å². The molecule has 0 spiro atoms. The Hall–Kier alpha value is -0.126. The molecule has 0 fully saturated rings. The third-order valence-electron chi connectivity index (χ3n) is 4.08. The summed E-state index contributed by atoms with van der Waals surface area (Å²) in [5.41, 5.74) is 1.38. The summed E-state index contributed by atoms with van der Waals surface area (Å²) >= 11 is 0. The standard InChI is InChI=1S/C17H36OSi2/c1-9-13-17(14-16(5)15-19(6,7)8)18-20(10-2,11-3)12-4/h9,17H,1,5,10-15H2,2-4,6-8H3/t17-/m0/s1. The molecule has 1 nitrogen and oxygen atoms in total. The molecule has 0 unspecified atom stereocenters. The zero-order valence-corrected chi connectivity index (χ0v) is 16.7. The van der Waals surface area contributed by atoms with E-state index in [-0.39, 0.29) is 0 Å². The van der Waals surface area contributed by atoms with Crippen molar-refractivity contribution in [3.63, 3.8) is 0 Å². The normalized spacial score (nSPS) is 14.1. The fourth-order valence-electron chi connectivity index (χ4n) is 2.86. The molecule has 0 aromatic heterocycles. The van der Waals surface area contributed by atoms with Crippen molar-refractivity contribution in [2.45, 2.75) is 83.5 Å². The summed E-state index contributed by atoms with van der Waals surface area (Å²) in [6, 6.07) is 4.86. The Balaban J connectivity index is 4.72. The quantitative estimate of drug-likeness (QED) is 0.324. The van der Waals surface area contributed by atoms with Gasteiger partial charge in [-0.1, -0.05) is 52.1 Å². The molecule has 0 aliphatic heterocycles. The average molecular weight is 313 g/mol. The molecule has 0 aliphatic carbocycles. The van der Waals surface area contributed by atoms with E-state index in [2.05, 4.69) is 53.6 Å². The lowest BCUT2D eigenvalue weighted by molar-refractivity contribution is 0.189. The van der Waals surface area contributed by atoms with Crippen molar-refractivity contribution in [3.8, 4) is 0 Å². The van der Waals surface area contributed by atoms with E-state index >= 15 is 0 Å². The second-order valence-corrected chi connectivity index (χ2v) is 17.4. The van der Waals surface area contributed by atoms with E-state index in [1.807, 2.05) is 6.08 Å². The monoisotopic (exact) mass is 312 g/mol. The van der Waals surface area contributed by atoms with Gasteiger partial charge < -0.3 is 4.43 Å². The largest absolute Gasteiger partial charge is 0.413 e. The summed E-state index contributed by atoms with van der Waals surface area (Å²) in [4.78, 5) is 0. The van der Waals surface area contributed by atoms with Crippen LogP contribution in [0.15, 0.2) is 24.8 Å². The summed E-state index contributed by atoms with van der Waals surface area (Å²) in [5, 5.41) is 0. The second kappa shape index (κ2) is 9.01. The molecule has 3 heteroatoms. The lowest BCUT2D eigenvalue weighted by atomic mass is 10.1. The Bertz CT molecular complexity index is 292. The van der Waals surface area contributed by atoms with Gasteiger partial charge in [0.1, 0.15) is 0 Å². The minimum Gasteiger partial charge on any atom is -0.413 e. The molecule has 0 aromatic rings. The third kappa shape index (κ3) is 7.60. The predicted molar refractivity (Wildman–Crippen MR) is 98.8 cm³/mol. The molecule has 118 valence electrons. The first kappa shape index (κ1) is 19.9. The van der Waals surface area contributed by atoms with Gasteiger partial charge in [-0.3, -0.25) is 0 Å². The maximum atomic E-state index is 6.63. The fraction of sp³-hybridized carbons (Fsp3) is 0.765. The predicted octanol–water partition coefficient (Wildman–Crippen LogP) is 6.24. The van der Waals surface area contributed by atoms with E-state index in [1.165, 1.54) is 29.7 Å². The van der Waals surface area contributed by atoms with Crippen LogP contribution in [0.25, 0.3) is 0 Å². The Morgan fingerprint density at radius 1 is 1.10 bits per heavy atom. The summed E-state index contributed by atoms with van der Waals surface area (Å²) in [7, 11) is -2.58. The molecule has 0 saturated heterocycles. The van der Waals surface area contributed by atoms with Gasteiger partial charge in [-0.25, -0.2) is 0 Å². The van der Waals surface area contributed by atoms with Crippen LogP contribution in [0.3, 0.4) is 0 Å². The van der Waals surface area contributed by atoms with Crippen molar-refractivity contribution in [3.05, 3.63) is 24.8 Å². The van der Waals surface area contributed by atoms with Crippen LogP contribution in [0.5, 0.6) is 0 Å². The van der Waals surface area contributed by atoms with Crippen molar-refractivity contribution in [2.75, 3.05) is 0 Å². The number of rotatable bonds is 11. The van der Waals surface area contributed by atoms with Crippen molar-refractivity contribution in [2.24, 2.45) is 0 Å². The Morgan fingerprint density at radius 2 is 1.60 bits per heavy atom. The number of hydrogen-bond donors (Lipinski definition) is 0. The molecular formula is C17H36OSi2. The fourth-order valence-corrected chi connectivity index (χ4v) is 7.39. The molecule has 0 amide bonds. The maximum absolute atomic E-state index is 6.63. The smallest absolute Gasteiger partial charge is 0.192 e. The first-order chi connectivity index (χ1) is 9.21. The second-order valence-electron chi connectivity index (χ2n) is 7.20. The molecule has 0 aromatic carbocycles. The van der Waals surface area contributed by atoms with Crippen LogP contribution in [0, 0.1) is 0 Å². The first-order valence-electron chi connectivity index (χ1n) is 8.17. The zero-order chi connectivity index (χ0) is 15.8. The van der Waals surface area contributed by atoms with Crippen molar-refractivity contribution in [1.29, 1.82) is 0 Å². The van der Waals surface area contributed by atoms with Crippen molar-refractivity contribution >= 4 is 16.4 Å². The van der Waals surface area contributed by atoms with E-state index in [0.717, 1.165) is 12.8 Å². The molecule has 20 heavy (non-hydrogen) atoms. The van der Waals surface area contributed by atoms with E-state index in [9.17, 15) is 0 Å². The molecular weight excluding hydrogens is 276 g/mol. The summed E-state index contributed by atoms with van der Waals surface area (Å²) in [6.07, 6.45) is 4.29. The summed E-state index contributed by atoms with van der Waals surface area (Å²) in [6.45, 7) is 22.3. The molecule has 0 heterocycles. The van der Waals surface area contributed by atoms with Crippen LogP contribution >= 0.6 is 0 Å². The highest BCUT2D eigenvalue weighted by Gasteiger charge is 2.32. The lowest BCUT2D eigenvalue weighted by Gasteiger charge is -2.34. The highest BCUT2D eigenvalue weighted by molar-refractivity contribution is 6.76. The van der Waals surface area contributed by atoms with E-state index in [1.54, 1.807) is 0 Å². The molecule has 0 bridgehead atoms. The maximum Gasteiger partial charge on any atom is 0.192 e. The van der Waals surface area contributed by atoms with Gasteiger partial charge >= 0.3 is 0 Å². The van der Waals surface area contributed by atoms with Gasteiger partial charge in [-0.15, -0.1) is 13.2 Å². The van der Waals surface area contributed by atoms with Crippen LogP contribution in [0.1, 0.15) is 33.6 Å². The van der Waals surface area contributed by atoms with Gasteiger partial charge in [0.2, 0.25) is 0 Å². The van der Waals surface area contributed by atoms with Gasteiger partial charge in [0, 0.05) is 8.07 Å². The van der Waals surface area contributed by atoms with Gasteiger partial charge in [0.05, 0.1) is 6.10 Å². The summed E-state index contributed by atoms with van der Waals surface area (Å²) < 4.78 is 6.63. The van der Waals surface area contributed by atoms with E-state index < -0.39 is 16.4 Å². The van der Waals surface area contributed by atoms with Gasteiger partial charge in [-0.05, 0) is 37.0 Å². The highest BCUT2D eigenvalue weighted by atomic mass is 28.4. The Morgan fingerprint density at radius 3 is 1.95 bits per heavy atom. The van der Waals surface area contributed by atoms with E-state index in [0.29, 0.717) is 6.10 Å². The molecule has 0 N–H and O–H groups in total. The van der Waals surface area contributed by atoms with Crippen molar-refractivity contribution < 1.29 is 4.43 Å². The molecule has 0 rings (SSSR count). The molecule has 0 aliphatic rings. The molecule has 0 radical (unpaired) electrons. The zero-order valence-electron chi connectivity index (χ0n) is 14.7. The molecule has 1 atom stereocenters. The van der Waals surface area contributed by atoms with Gasteiger partial charge in [0.15, 0.2) is 8.32 Å². The Kier molecular flexibility index (Phi) is 8.95. The highest BCUT2D eigenvalue weighted by Crippen LogP contribution is 2.28. The SMILES string of the molecule is C=CC[C@@H](CC(=C)C[Si](C)(C)C)O[Si](CC)(CC)CC. The Labute approximate surface area is 129 Å². The van der Waals surface area contributed by atoms with Gasteiger partial charge in [0.25, 0.3) is 0 Å². The van der Waals surface area contributed by atoms with E-state index in [4.69, 9.17) is 4.43 Å². The third-order valence-corrected chi connectivity index (χ3v) is 10.3. The topological polar surface area (TPSA) is 9.23 Å². The first-order valence-corrected chi connectivity index (χ1v) is 14.4. The van der Waals surface area contributed by atoms with Crippen LogP contribution in [0.2, 0.25) is 43.8 Å². The van der Waals surface area contributed by atoms with Crippen LogP contribution in [-0.2, 0) is 4.43 Å². The minimum absolute atomic E-state index is 0.308. The van der Waals surface area contributed by atoms with Crippen LogP contribution < -0.4 is 0 Å². The molecule has 0 saturated carbocycles. The lowest BCUT2D eigenvalue weighted by Crippen LogP contribution is -2.40. The average Bonchev–Trinajstić information content (AvgIpc) is 2.34. The van der Waals surface area contributed by atoms with Crippen LogP contribution in [-0.4, -0.2) is 22.5 Å².